The lowest BCUT2D eigenvalue weighted by Crippen LogP contribution is -2.07. The zero-order valence-corrected chi connectivity index (χ0v) is 8.42. The van der Waals surface area contributed by atoms with E-state index in [-0.39, 0.29) is 24.7 Å². The van der Waals surface area contributed by atoms with Crippen molar-refractivity contribution >= 4 is 5.69 Å². The molecule has 0 atom stereocenters. The average Bonchev–Trinajstić information content (AvgIpc) is 2.16. The zero-order valence-electron chi connectivity index (χ0n) is 8.42. The Balaban J connectivity index is 2.82. The average molecular weight is 235 g/mol. The molecule has 0 fully saturated rings. The Hall–Kier alpha value is -1.43. The number of nitrogen functional groups attached to an aromatic ring is 1. The van der Waals surface area contributed by atoms with Crippen LogP contribution in [-0.4, -0.2) is 18.3 Å². The minimum absolute atomic E-state index is 0.00572. The van der Waals surface area contributed by atoms with E-state index in [4.69, 9.17) is 15.6 Å². The van der Waals surface area contributed by atoms with Gasteiger partial charge in [0.05, 0.1) is 12.2 Å². The van der Waals surface area contributed by atoms with Crippen LogP contribution in [0.25, 0.3) is 0 Å². The molecule has 16 heavy (non-hydrogen) atoms. The number of alkyl halides is 3. The Morgan fingerprint density at radius 2 is 1.94 bits per heavy atom. The number of aliphatic hydroxyl groups is 1. The molecule has 0 saturated carbocycles. The largest absolute Gasteiger partial charge is 0.493 e. The normalized spacial score (nSPS) is 11.5. The van der Waals surface area contributed by atoms with Crippen LogP contribution in [0.1, 0.15) is 12.0 Å². The van der Waals surface area contributed by atoms with Gasteiger partial charge in [-0.15, -0.1) is 0 Å². The number of hydrogen-bond acceptors (Lipinski definition) is 3. The fraction of sp³-hybridized carbons (Fsp3) is 0.400. The first-order valence-electron chi connectivity index (χ1n) is 4.65. The van der Waals surface area contributed by atoms with Gasteiger partial charge in [0.2, 0.25) is 0 Å². The maximum Gasteiger partial charge on any atom is 0.416 e. The molecule has 6 heteroatoms. The Kier molecular flexibility index (Phi) is 4.00. The van der Waals surface area contributed by atoms with Crippen LogP contribution in [0.15, 0.2) is 18.2 Å². The summed E-state index contributed by atoms with van der Waals surface area (Å²) in [5.74, 6) is 0.0563. The Labute approximate surface area is 90.6 Å². The van der Waals surface area contributed by atoms with Gasteiger partial charge in [-0.3, -0.25) is 0 Å². The third-order valence-electron chi connectivity index (χ3n) is 1.83. The molecule has 0 spiro atoms. The highest BCUT2D eigenvalue weighted by Gasteiger charge is 2.31. The first-order valence-corrected chi connectivity index (χ1v) is 4.65. The molecule has 0 aliphatic rings. The summed E-state index contributed by atoms with van der Waals surface area (Å²) in [6, 6.07) is 3.04. The number of ether oxygens (including phenoxy) is 1. The molecule has 0 amide bonds. The minimum atomic E-state index is -4.44. The van der Waals surface area contributed by atoms with Crippen molar-refractivity contribution in [1.29, 1.82) is 0 Å². The number of nitrogens with two attached hydrogens (primary N) is 1. The van der Waals surface area contributed by atoms with E-state index >= 15 is 0 Å². The lowest BCUT2D eigenvalue weighted by atomic mass is 10.2. The molecule has 0 saturated heterocycles. The van der Waals surface area contributed by atoms with E-state index in [9.17, 15) is 13.2 Å². The van der Waals surface area contributed by atoms with E-state index in [0.717, 1.165) is 12.1 Å². The number of halogens is 3. The van der Waals surface area contributed by atoms with Crippen LogP contribution < -0.4 is 10.5 Å². The van der Waals surface area contributed by atoms with Crippen molar-refractivity contribution in [3.8, 4) is 5.75 Å². The second-order valence-electron chi connectivity index (χ2n) is 3.21. The number of aliphatic hydroxyl groups excluding tert-OH is 1. The molecule has 0 aliphatic carbocycles. The molecule has 0 aromatic heterocycles. The molecule has 1 aromatic rings. The van der Waals surface area contributed by atoms with Crippen LogP contribution in [0.3, 0.4) is 0 Å². The molecule has 3 N–H and O–H groups in total. The summed E-state index contributed by atoms with van der Waals surface area (Å²) in [6.45, 7) is 0.0751. The molecule has 3 nitrogen and oxygen atoms in total. The van der Waals surface area contributed by atoms with Crippen molar-refractivity contribution in [2.24, 2.45) is 0 Å². The van der Waals surface area contributed by atoms with Crippen LogP contribution in [0, 0.1) is 0 Å². The van der Waals surface area contributed by atoms with Crippen LogP contribution in [0.5, 0.6) is 5.75 Å². The predicted octanol–water partition coefficient (Wildman–Crippen LogP) is 2.05. The van der Waals surface area contributed by atoms with E-state index in [1.165, 1.54) is 6.07 Å². The Morgan fingerprint density at radius 3 is 2.50 bits per heavy atom. The number of benzene rings is 1. The van der Waals surface area contributed by atoms with Gasteiger partial charge in [-0.25, -0.2) is 0 Å². The van der Waals surface area contributed by atoms with Crippen LogP contribution in [-0.2, 0) is 6.18 Å². The molecule has 0 radical (unpaired) electrons. The van der Waals surface area contributed by atoms with E-state index in [2.05, 4.69) is 0 Å². The maximum absolute atomic E-state index is 12.4. The van der Waals surface area contributed by atoms with E-state index < -0.39 is 11.7 Å². The minimum Gasteiger partial charge on any atom is -0.493 e. The summed E-state index contributed by atoms with van der Waals surface area (Å²) in [5.41, 5.74) is 4.48. The van der Waals surface area contributed by atoms with Crippen LogP contribution >= 0.6 is 0 Å². The van der Waals surface area contributed by atoms with Gasteiger partial charge in [-0.2, -0.15) is 13.2 Å². The monoisotopic (exact) mass is 235 g/mol. The highest BCUT2D eigenvalue weighted by Crippen LogP contribution is 2.33. The molecule has 0 bridgehead atoms. The number of anilines is 1. The molecule has 0 heterocycles. The summed E-state index contributed by atoms with van der Waals surface area (Å²) in [7, 11) is 0. The van der Waals surface area contributed by atoms with Gasteiger partial charge in [-0.05, 0) is 12.1 Å². The first-order chi connectivity index (χ1) is 7.43. The molecule has 0 unspecified atom stereocenters. The third-order valence-corrected chi connectivity index (χ3v) is 1.83. The molecule has 1 aromatic carbocycles. The third kappa shape index (κ3) is 3.62. The molecular weight excluding hydrogens is 223 g/mol. The SMILES string of the molecule is Nc1cc(OCCCO)cc(C(F)(F)F)c1. The van der Waals surface area contributed by atoms with E-state index in [1.807, 2.05) is 0 Å². The molecule has 1 rings (SSSR count). The second kappa shape index (κ2) is 5.07. The van der Waals surface area contributed by atoms with Gasteiger partial charge in [0.15, 0.2) is 0 Å². The van der Waals surface area contributed by atoms with Gasteiger partial charge >= 0.3 is 6.18 Å². The van der Waals surface area contributed by atoms with Gasteiger partial charge in [0.1, 0.15) is 5.75 Å². The lowest BCUT2D eigenvalue weighted by Gasteiger charge is -2.11. The van der Waals surface area contributed by atoms with Crippen molar-refractivity contribution in [1.82, 2.24) is 0 Å². The fourth-order valence-corrected chi connectivity index (χ4v) is 1.12. The highest BCUT2D eigenvalue weighted by molar-refractivity contribution is 5.48. The van der Waals surface area contributed by atoms with Gasteiger partial charge in [-0.1, -0.05) is 0 Å². The standard InChI is InChI=1S/C10H12F3NO2/c11-10(12,13)7-4-8(14)6-9(5-7)16-3-1-2-15/h4-6,15H,1-3,14H2. The maximum atomic E-state index is 12.4. The predicted molar refractivity (Wildman–Crippen MR) is 53.1 cm³/mol. The topological polar surface area (TPSA) is 55.5 Å². The summed E-state index contributed by atoms with van der Waals surface area (Å²) in [5, 5.41) is 8.50. The summed E-state index contributed by atoms with van der Waals surface area (Å²) >= 11 is 0. The van der Waals surface area contributed by atoms with Crippen LogP contribution in [0.2, 0.25) is 0 Å². The van der Waals surface area contributed by atoms with Crippen molar-refractivity contribution in [3.63, 3.8) is 0 Å². The molecule has 90 valence electrons. The smallest absolute Gasteiger partial charge is 0.416 e. The van der Waals surface area contributed by atoms with Gasteiger partial charge in [0, 0.05) is 24.8 Å². The van der Waals surface area contributed by atoms with E-state index in [1.54, 1.807) is 0 Å². The van der Waals surface area contributed by atoms with Gasteiger partial charge in [0.25, 0.3) is 0 Å². The number of hydrogen-bond donors (Lipinski definition) is 2. The highest BCUT2D eigenvalue weighted by atomic mass is 19.4. The first kappa shape index (κ1) is 12.6. The zero-order chi connectivity index (χ0) is 12.2. The van der Waals surface area contributed by atoms with Gasteiger partial charge < -0.3 is 15.6 Å². The van der Waals surface area contributed by atoms with Crippen molar-refractivity contribution in [2.45, 2.75) is 12.6 Å². The quantitative estimate of drug-likeness (QED) is 0.620. The Bertz CT molecular complexity index is 352. The summed E-state index contributed by atoms with van der Waals surface area (Å²) in [6.07, 6.45) is -4.08. The number of rotatable bonds is 4. The van der Waals surface area contributed by atoms with Crippen molar-refractivity contribution in [3.05, 3.63) is 23.8 Å². The molecular formula is C10H12F3NO2. The summed E-state index contributed by atoms with van der Waals surface area (Å²) < 4.78 is 42.2. The molecule has 0 aliphatic heterocycles. The summed E-state index contributed by atoms with van der Waals surface area (Å²) in [4.78, 5) is 0. The lowest BCUT2D eigenvalue weighted by molar-refractivity contribution is -0.137. The van der Waals surface area contributed by atoms with Crippen molar-refractivity contribution < 1.29 is 23.0 Å². The van der Waals surface area contributed by atoms with E-state index in [0.29, 0.717) is 6.42 Å². The van der Waals surface area contributed by atoms with Crippen molar-refractivity contribution in [2.75, 3.05) is 18.9 Å². The fourth-order valence-electron chi connectivity index (χ4n) is 1.12. The Morgan fingerprint density at radius 1 is 1.25 bits per heavy atom. The van der Waals surface area contributed by atoms with Crippen LogP contribution in [0.4, 0.5) is 18.9 Å². The second-order valence-corrected chi connectivity index (χ2v) is 3.21.